The van der Waals surface area contributed by atoms with E-state index in [1.165, 1.54) is 23.9 Å². The minimum absolute atomic E-state index is 0.226. The summed E-state index contributed by atoms with van der Waals surface area (Å²) in [5, 5.41) is 3.59. The van der Waals surface area contributed by atoms with Gasteiger partial charge in [-0.15, -0.1) is 0 Å². The van der Waals surface area contributed by atoms with Gasteiger partial charge in [-0.2, -0.15) is 0 Å². The van der Waals surface area contributed by atoms with E-state index in [-0.39, 0.29) is 5.91 Å². The fourth-order valence-corrected chi connectivity index (χ4v) is 3.29. The third kappa shape index (κ3) is 4.41. The Bertz CT molecular complexity index is 899. The van der Waals surface area contributed by atoms with Gasteiger partial charge in [0.25, 0.3) is 0 Å². The third-order valence-electron chi connectivity index (χ3n) is 3.44. The van der Waals surface area contributed by atoms with Crippen LogP contribution >= 0.6 is 23.4 Å². The average molecular weight is 376 g/mol. The number of amides is 1. The molecule has 1 aromatic heterocycles. The molecule has 7 heteroatoms. The summed E-state index contributed by atoms with van der Waals surface area (Å²) in [6.45, 7) is 1.77. The maximum atomic E-state index is 13.2. The van der Waals surface area contributed by atoms with Crippen molar-refractivity contribution in [3.05, 3.63) is 71.8 Å². The molecule has 0 bridgehead atoms. The molecule has 0 fully saturated rings. The largest absolute Gasteiger partial charge is 0.325 e. The highest BCUT2D eigenvalue weighted by Crippen LogP contribution is 2.26. The highest BCUT2D eigenvalue weighted by molar-refractivity contribution is 8.00. The van der Waals surface area contributed by atoms with Crippen molar-refractivity contribution >= 4 is 35.0 Å². The molecule has 0 spiro atoms. The van der Waals surface area contributed by atoms with Gasteiger partial charge in [-0.1, -0.05) is 35.5 Å². The second kappa shape index (κ2) is 7.72. The number of hydrogen-bond donors (Lipinski definition) is 1. The van der Waals surface area contributed by atoms with E-state index in [0.29, 0.717) is 15.9 Å². The van der Waals surface area contributed by atoms with Crippen LogP contribution in [0.5, 0.6) is 0 Å². The van der Waals surface area contributed by atoms with Crippen molar-refractivity contribution in [3.8, 4) is 5.69 Å². The van der Waals surface area contributed by atoms with Gasteiger partial charge in [0.1, 0.15) is 5.82 Å². The molecule has 0 aliphatic heterocycles. The lowest BCUT2D eigenvalue weighted by molar-refractivity contribution is -0.115. The average Bonchev–Trinajstić information content (AvgIpc) is 3.03. The van der Waals surface area contributed by atoms with Gasteiger partial charge in [0.2, 0.25) is 5.91 Å². The van der Waals surface area contributed by atoms with Crippen LogP contribution in [0.25, 0.3) is 5.69 Å². The molecule has 1 heterocycles. The third-order valence-corrected chi connectivity index (χ3v) is 4.75. The maximum absolute atomic E-state index is 13.2. The lowest BCUT2D eigenvalue weighted by Gasteiger charge is -2.13. The van der Waals surface area contributed by atoms with E-state index in [2.05, 4.69) is 10.3 Å². The summed E-state index contributed by atoms with van der Waals surface area (Å²) >= 11 is 7.35. The minimum atomic E-state index is -0.413. The molecule has 1 unspecified atom stereocenters. The predicted octanol–water partition coefficient (Wildman–Crippen LogP) is 4.78. The number of halogens is 2. The Labute approximate surface area is 154 Å². The van der Waals surface area contributed by atoms with Crippen LogP contribution in [0.3, 0.4) is 0 Å². The molecule has 0 radical (unpaired) electrons. The number of carbonyl (C=O) groups is 1. The fraction of sp³-hybridized carbons (Fsp3) is 0.111. The van der Waals surface area contributed by atoms with Crippen LogP contribution in [0.15, 0.2) is 66.1 Å². The highest BCUT2D eigenvalue weighted by atomic mass is 35.5. The van der Waals surface area contributed by atoms with Gasteiger partial charge in [-0.3, -0.25) is 9.36 Å². The van der Waals surface area contributed by atoms with E-state index in [9.17, 15) is 9.18 Å². The van der Waals surface area contributed by atoms with Crippen molar-refractivity contribution in [2.45, 2.75) is 17.3 Å². The van der Waals surface area contributed by atoms with Crippen molar-refractivity contribution in [1.82, 2.24) is 9.55 Å². The van der Waals surface area contributed by atoms with Gasteiger partial charge >= 0.3 is 0 Å². The lowest BCUT2D eigenvalue weighted by Crippen LogP contribution is -2.22. The number of thioether (sulfide) groups is 1. The molecule has 3 rings (SSSR count). The number of anilines is 1. The molecule has 0 saturated heterocycles. The first-order valence-electron chi connectivity index (χ1n) is 7.55. The maximum Gasteiger partial charge on any atom is 0.237 e. The zero-order valence-electron chi connectivity index (χ0n) is 13.3. The van der Waals surface area contributed by atoms with Crippen molar-refractivity contribution in [3.63, 3.8) is 0 Å². The molecule has 3 aromatic rings. The summed E-state index contributed by atoms with van der Waals surface area (Å²) < 4.78 is 15.1. The molecule has 0 saturated carbocycles. The number of nitrogens with one attached hydrogen (secondary N) is 1. The Morgan fingerprint density at radius 3 is 2.84 bits per heavy atom. The number of carbonyl (C=O) groups excluding carboxylic acids is 1. The topological polar surface area (TPSA) is 46.9 Å². The van der Waals surface area contributed by atoms with Crippen LogP contribution in [0.1, 0.15) is 6.92 Å². The Hall–Kier alpha value is -2.31. The van der Waals surface area contributed by atoms with Crippen molar-refractivity contribution < 1.29 is 9.18 Å². The Kier molecular flexibility index (Phi) is 5.40. The summed E-state index contributed by atoms with van der Waals surface area (Å²) in [6, 6.07) is 13.2. The molecule has 1 atom stereocenters. The summed E-state index contributed by atoms with van der Waals surface area (Å²) in [7, 11) is 0. The monoisotopic (exact) mass is 375 g/mol. The van der Waals surface area contributed by atoms with Crippen LogP contribution in [0, 0.1) is 5.82 Å². The summed E-state index contributed by atoms with van der Waals surface area (Å²) in [5.41, 5.74) is 1.29. The highest BCUT2D eigenvalue weighted by Gasteiger charge is 2.18. The van der Waals surface area contributed by atoms with Crippen LogP contribution in [0.4, 0.5) is 10.1 Å². The molecule has 128 valence electrons. The van der Waals surface area contributed by atoms with Crippen LogP contribution in [-0.4, -0.2) is 20.7 Å². The van der Waals surface area contributed by atoms with E-state index >= 15 is 0 Å². The van der Waals surface area contributed by atoms with Crippen LogP contribution in [-0.2, 0) is 4.79 Å². The number of benzene rings is 2. The van der Waals surface area contributed by atoms with Gasteiger partial charge in [-0.25, -0.2) is 9.37 Å². The molecule has 25 heavy (non-hydrogen) atoms. The molecule has 1 N–H and O–H groups in total. The molecule has 0 aliphatic rings. The van der Waals surface area contributed by atoms with Gasteiger partial charge in [0.15, 0.2) is 5.16 Å². The zero-order valence-corrected chi connectivity index (χ0v) is 14.9. The minimum Gasteiger partial charge on any atom is -0.325 e. The Balaban J connectivity index is 1.72. The van der Waals surface area contributed by atoms with Crippen LogP contribution in [0.2, 0.25) is 5.02 Å². The van der Waals surface area contributed by atoms with Crippen molar-refractivity contribution in [2.24, 2.45) is 0 Å². The van der Waals surface area contributed by atoms with Crippen LogP contribution < -0.4 is 5.32 Å². The van der Waals surface area contributed by atoms with Gasteiger partial charge in [0.05, 0.1) is 5.25 Å². The number of rotatable bonds is 5. The van der Waals surface area contributed by atoms with Crippen molar-refractivity contribution in [1.29, 1.82) is 0 Å². The van der Waals surface area contributed by atoms with E-state index in [1.807, 2.05) is 29.0 Å². The van der Waals surface area contributed by atoms with Crippen molar-refractivity contribution in [2.75, 3.05) is 5.32 Å². The number of aromatic nitrogens is 2. The second-order valence-corrected chi connectivity index (χ2v) is 7.06. The first-order chi connectivity index (χ1) is 12.0. The van der Waals surface area contributed by atoms with E-state index in [1.54, 1.807) is 31.3 Å². The molecule has 2 aromatic carbocycles. The second-order valence-electron chi connectivity index (χ2n) is 5.32. The predicted molar refractivity (Wildman–Crippen MR) is 98.9 cm³/mol. The smallest absolute Gasteiger partial charge is 0.237 e. The van der Waals surface area contributed by atoms with E-state index in [0.717, 1.165) is 5.69 Å². The lowest BCUT2D eigenvalue weighted by atomic mass is 10.3. The standard InChI is InChI=1S/C18H15ClFN3OS/c1-12(17(24)22-15-6-3-5-14(20)11-15)25-18-21-8-9-23(18)16-7-2-4-13(19)10-16/h2-12H,1H3,(H,22,24). The Morgan fingerprint density at radius 1 is 1.28 bits per heavy atom. The summed E-state index contributed by atoms with van der Waals surface area (Å²) in [5.74, 6) is -0.620. The fourth-order valence-electron chi connectivity index (χ4n) is 2.22. The molecule has 0 aliphatic carbocycles. The molecular formula is C18H15ClFN3OS. The normalized spacial score (nSPS) is 12.0. The zero-order chi connectivity index (χ0) is 17.8. The van der Waals surface area contributed by atoms with Gasteiger partial charge < -0.3 is 5.32 Å². The molecular weight excluding hydrogens is 361 g/mol. The molecule has 4 nitrogen and oxygen atoms in total. The quantitative estimate of drug-likeness (QED) is 0.652. The number of nitrogens with zero attached hydrogens (tertiary/aromatic N) is 2. The summed E-state index contributed by atoms with van der Waals surface area (Å²) in [6.07, 6.45) is 3.48. The first-order valence-corrected chi connectivity index (χ1v) is 8.81. The SMILES string of the molecule is CC(Sc1nccn1-c1cccc(Cl)c1)C(=O)Nc1cccc(F)c1. The van der Waals surface area contributed by atoms with E-state index < -0.39 is 11.1 Å². The van der Waals surface area contributed by atoms with Gasteiger partial charge in [0, 0.05) is 28.8 Å². The van der Waals surface area contributed by atoms with Gasteiger partial charge in [-0.05, 0) is 43.3 Å². The molecule has 1 amide bonds. The first kappa shape index (κ1) is 17.5. The van der Waals surface area contributed by atoms with E-state index in [4.69, 9.17) is 11.6 Å². The summed E-state index contributed by atoms with van der Waals surface area (Å²) in [4.78, 5) is 16.6. The Morgan fingerprint density at radius 2 is 2.08 bits per heavy atom. The number of hydrogen-bond acceptors (Lipinski definition) is 3. The number of imidazole rings is 1.